The molecule has 2 rings (SSSR count). The number of hydrogen-bond donors (Lipinski definition) is 0. The molecule has 0 saturated carbocycles. The predicted octanol–water partition coefficient (Wildman–Crippen LogP) is 5.04. The zero-order valence-corrected chi connectivity index (χ0v) is 14.9. The number of carbonyl (C=O) groups excluding carboxylic acids is 2. The first-order chi connectivity index (χ1) is 11.5. The summed E-state index contributed by atoms with van der Waals surface area (Å²) in [5.74, 6) is 0.227. The Morgan fingerprint density at radius 3 is 1.83 bits per heavy atom. The summed E-state index contributed by atoms with van der Waals surface area (Å²) in [5, 5.41) is 0. The van der Waals surface area contributed by atoms with Crippen molar-refractivity contribution in [3.63, 3.8) is 0 Å². The van der Waals surface area contributed by atoms with Crippen LogP contribution < -0.4 is 0 Å². The summed E-state index contributed by atoms with van der Waals surface area (Å²) in [5.41, 5.74) is 1.17. The van der Waals surface area contributed by atoms with Gasteiger partial charge in [-0.05, 0) is 38.1 Å². The van der Waals surface area contributed by atoms with Crippen molar-refractivity contribution in [2.45, 2.75) is 26.7 Å². The topological polar surface area (TPSA) is 37.4 Å². The lowest BCUT2D eigenvalue weighted by Crippen LogP contribution is -2.16. The molecule has 1 aromatic carbocycles. The Balaban J connectivity index is 0. The van der Waals surface area contributed by atoms with Gasteiger partial charge in [0.25, 0.3) is 0 Å². The highest BCUT2D eigenvalue weighted by atomic mass is 16.2. The maximum atomic E-state index is 10.7. The highest BCUT2D eigenvalue weighted by molar-refractivity contribution is 5.86. The molecule has 0 aromatic heterocycles. The van der Waals surface area contributed by atoms with Gasteiger partial charge in [-0.2, -0.15) is 0 Å². The van der Waals surface area contributed by atoms with Crippen molar-refractivity contribution in [3.8, 4) is 0 Å². The number of ketones is 1. The van der Waals surface area contributed by atoms with Crippen molar-refractivity contribution in [3.05, 3.63) is 80.6 Å². The van der Waals surface area contributed by atoms with Gasteiger partial charge < -0.3 is 4.90 Å². The molecule has 3 heteroatoms. The number of amides is 1. The van der Waals surface area contributed by atoms with Crippen molar-refractivity contribution < 1.29 is 9.59 Å². The molecule has 1 saturated heterocycles. The number of hydrogen-bond acceptors (Lipinski definition) is 2. The number of likely N-dealkylation sites (tertiary alicyclic amines) is 1. The molecule has 0 spiro atoms. The average Bonchev–Trinajstić information content (AvgIpc) is 3.02. The van der Waals surface area contributed by atoms with E-state index in [-0.39, 0.29) is 11.7 Å². The molecule has 1 amide bonds. The number of benzene rings is 1. The summed E-state index contributed by atoms with van der Waals surface area (Å²) in [7, 11) is 0. The van der Waals surface area contributed by atoms with E-state index in [1.807, 2.05) is 43.3 Å². The van der Waals surface area contributed by atoms with E-state index in [0.29, 0.717) is 6.42 Å². The Labute approximate surface area is 146 Å². The van der Waals surface area contributed by atoms with E-state index in [1.54, 1.807) is 17.2 Å². The minimum absolute atomic E-state index is 0.0185. The fourth-order valence-electron chi connectivity index (χ4n) is 1.45. The predicted molar refractivity (Wildman–Crippen MR) is 104 cm³/mol. The van der Waals surface area contributed by atoms with Crippen LogP contribution in [0.5, 0.6) is 0 Å². The van der Waals surface area contributed by atoms with Gasteiger partial charge in [0, 0.05) is 13.0 Å². The lowest BCUT2D eigenvalue weighted by Gasteiger charge is -2.05. The van der Waals surface area contributed by atoms with Gasteiger partial charge in [0.1, 0.15) is 0 Å². The fourth-order valence-corrected chi connectivity index (χ4v) is 1.45. The van der Waals surface area contributed by atoms with Crippen molar-refractivity contribution in [2.24, 2.45) is 0 Å². The van der Waals surface area contributed by atoms with Crippen LogP contribution in [0.25, 0.3) is 6.08 Å². The molecule has 0 unspecified atom stereocenters. The Kier molecular flexibility index (Phi) is 16.4. The van der Waals surface area contributed by atoms with Crippen molar-refractivity contribution in [2.75, 3.05) is 6.54 Å². The second-order valence-electron chi connectivity index (χ2n) is 4.71. The minimum atomic E-state index is 0.0185. The molecule has 1 aliphatic rings. The molecule has 0 bridgehead atoms. The van der Waals surface area contributed by atoms with Gasteiger partial charge in [0.05, 0.1) is 0 Å². The smallest absolute Gasteiger partial charge is 0.226 e. The molecule has 1 aromatic rings. The molecule has 3 nitrogen and oxygen atoms in total. The van der Waals surface area contributed by atoms with Crippen LogP contribution >= 0.6 is 0 Å². The fraction of sp³-hybridized carbons (Fsp3) is 0.238. The minimum Gasteiger partial charge on any atom is -0.320 e. The Bertz CT molecular complexity index is 518. The molecule has 24 heavy (non-hydrogen) atoms. The average molecular weight is 327 g/mol. The third-order valence-electron chi connectivity index (χ3n) is 2.65. The van der Waals surface area contributed by atoms with E-state index in [0.717, 1.165) is 13.0 Å². The van der Waals surface area contributed by atoms with Gasteiger partial charge >= 0.3 is 0 Å². The number of nitrogens with zero attached hydrogens (tertiary/aromatic N) is 1. The Morgan fingerprint density at radius 1 is 1.12 bits per heavy atom. The normalized spacial score (nSPS) is 11.2. The molecule has 1 aliphatic heterocycles. The first-order valence-corrected chi connectivity index (χ1v) is 7.76. The summed E-state index contributed by atoms with van der Waals surface area (Å²) in [6.07, 6.45) is 8.15. The van der Waals surface area contributed by atoms with E-state index < -0.39 is 0 Å². The van der Waals surface area contributed by atoms with E-state index in [9.17, 15) is 9.59 Å². The molecule has 130 valence electrons. The van der Waals surface area contributed by atoms with E-state index >= 15 is 0 Å². The standard InChI is InChI=1S/C8H8.C6H9NO.C4H6O.C3H6/c1-2-8-6-4-3-5-7-8;1-2-7-5-3-4-6(7)8;1-3-4(2)5;1-3-2/h2-7H,1H2;2H,1,3-5H2;3H,1H2,2H3;3H,1H2,2H3. The van der Waals surface area contributed by atoms with Crippen LogP contribution in [0.15, 0.2) is 75.0 Å². The second-order valence-corrected chi connectivity index (χ2v) is 4.71. The largest absolute Gasteiger partial charge is 0.320 e. The van der Waals surface area contributed by atoms with Gasteiger partial charge in [0.15, 0.2) is 5.78 Å². The lowest BCUT2D eigenvalue weighted by molar-refractivity contribution is -0.125. The quantitative estimate of drug-likeness (QED) is 0.576. The summed E-state index contributed by atoms with van der Waals surface area (Å²) in [6, 6.07) is 10.0. The van der Waals surface area contributed by atoms with Gasteiger partial charge in [0.2, 0.25) is 5.91 Å². The van der Waals surface area contributed by atoms with Crippen LogP contribution in [0.1, 0.15) is 32.3 Å². The highest BCUT2D eigenvalue weighted by Gasteiger charge is 2.15. The second kappa shape index (κ2) is 16.7. The molecule has 1 heterocycles. The first kappa shape index (κ1) is 23.6. The molecule has 1 fully saturated rings. The molecule has 0 atom stereocenters. The van der Waals surface area contributed by atoms with E-state index in [4.69, 9.17) is 0 Å². The van der Waals surface area contributed by atoms with Crippen LogP contribution in [0.2, 0.25) is 0 Å². The van der Waals surface area contributed by atoms with Crippen LogP contribution in [-0.4, -0.2) is 23.1 Å². The lowest BCUT2D eigenvalue weighted by atomic mass is 10.2. The number of rotatable bonds is 3. The van der Waals surface area contributed by atoms with Gasteiger partial charge in [-0.3, -0.25) is 9.59 Å². The number of allylic oxidation sites excluding steroid dienone is 2. The van der Waals surface area contributed by atoms with Gasteiger partial charge in [-0.25, -0.2) is 0 Å². The van der Waals surface area contributed by atoms with Crippen LogP contribution in [0, 0.1) is 0 Å². The maximum Gasteiger partial charge on any atom is 0.226 e. The summed E-state index contributed by atoms with van der Waals surface area (Å²) >= 11 is 0. The number of carbonyl (C=O) groups is 2. The molecular formula is C21H29NO2. The Hall–Kier alpha value is -2.68. The SMILES string of the molecule is C=CC.C=CC(C)=O.C=CN1CCCC1=O.C=Cc1ccccc1. The molecule has 0 aliphatic carbocycles. The first-order valence-electron chi connectivity index (χ1n) is 7.76. The summed E-state index contributed by atoms with van der Waals surface area (Å²) < 4.78 is 0. The van der Waals surface area contributed by atoms with Crippen molar-refractivity contribution >= 4 is 17.8 Å². The van der Waals surface area contributed by atoms with Gasteiger partial charge in [-0.1, -0.05) is 62.2 Å². The zero-order valence-electron chi connectivity index (χ0n) is 14.9. The third-order valence-corrected chi connectivity index (χ3v) is 2.65. The van der Waals surface area contributed by atoms with Crippen LogP contribution in [0.3, 0.4) is 0 Å². The highest BCUT2D eigenvalue weighted by Crippen LogP contribution is 2.08. The Morgan fingerprint density at radius 2 is 1.62 bits per heavy atom. The maximum absolute atomic E-state index is 10.7. The summed E-state index contributed by atoms with van der Waals surface area (Å²) in [6.45, 7) is 17.9. The molecule has 0 radical (unpaired) electrons. The van der Waals surface area contributed by atoms with E-state index in [2.05, 4.69) is 26.3 Å². The monoisotopic (exact) mass is 327 g/mol. The van der Waals surface area contributed by atoms with Gasteiger partial charge in [-0.15, -0.1) is 6.58 Å². The molecule has 0 N–H and O–H groups in total. The van der Waals surface area contributed by atoms with Crippen molar-refractivity contribution in [1.29, 1.82) is 0 Å². The van der Waals surface area contributed by atoms with Crippen LogP contribution in [0.4, 0.5) is 0 Å². The van der Waals surface area contributed by atoms with Crippen molar-refractivity contribution in [1.82, 2.24) is 4.90 Å². The zero-order chi connectivity index (χ0) is 18.8. The third kappa shape index (κ3) is 14.3. The molecular weight excluding hydrogens is 298 g/mol. The van der Waals surface area contributed by atoms with E-state index in [1.165, 1.54) is 18.6 Å². The van der Waals surface area contributed by atoms with Crippen LogP contribution in [-0.2, 0) is 9.59 Å². The summed E-state index contributed by atoms with van der Waals surface area (Å²) in [4.78, 5) is 22.0.